The molecule has 0 fully saturated rings. The highest BCUT2D eigenvalue weighted by Gasteiger charge is 2.17. The number of benzene rings is 2. The van der Waals surface area contributed by atoms with E-state index < -0.39 is 0 Å². The van der Waals surface area contributed by atoms with E-state index in [-0.39, 0.29) is 10.9 Å². The fraction of sp³-hybridized carbons (Fsp3) is 0. The molecule has 0 aliphatic carbocycles. The molecule has 3 heterocycles. The Morgan fingerprint density at radius 2 is 1.80 bits per heavy atom. The molecule has 6 nitrogen and oxygen atoms in total. The molecule has 7 heteroatoms. The zero-order chi connectivity index (χ0) is 20.7. The van der Waals surface area contributed by atoms with Crippen LogP contribution in [-0.4, -0.2) is 19.9 Å². The third kappa shape index (κ3) is 2.98. The fourth-order valence-electron chi connectivity index (χ4n) is 3.41. The minimum Gasteiger partial charge on any atom is -0.345 e. The first-order valence-electron chi connectivity index (χ1n) is 9.09. The Kier molecular flexibility index (Phi) is 4.24. The van der Waals surface area contributed by atoms with Gasteiger partial charge in [-0.3, -0.25) is 9.78 Å². The Balaban J connectivity index is 1.87. The summed E-state index contributed by atoms with van der Waals surface area (Å²) in [6, 6.07) is 18.1. The van der Waals surface area contributed by atoms with Crippen molar-refractivity contribution in [2.24, 2.45) is 0 Å². The molecule has 2 aromatic carbocycles. The van der Waals surface area contributed by atoms with Crippen LogP contribution in [0.3, 0.4) is 0 Å². The van der Waals surface area contributed by atoms with Crippen LogP contribution in [0.1, 0.15) is 5.56 Å². The van der Waals surface area contributed by atoms with Crippen LogP contribution in [0, 0.1) is 11.3 Å². The van der Waals surface area contributed by atoms with E-state index in [0.717, 1.165) is 5.39 Å². The number of aromatic nitrogens is 4. The molecular weight excluding hydrogens is 398 g/mol. The second-order valence-corrected chi connectivity index (χ2v) is 7.09. The summed E-state index contributed by atoms with van der Waals surface area (Å²) in [7, 11) is 0. The van der Waals surface area contributed by atoms with Gasteiger partial charge in [0.25, 0.3) is 0 Å². The lowest BCUT2D eigenvalue weighted by molar-refractivity contribution is 1.21. The fourth-order valence-corrected chi connectivity index (χ4v) is 3.68. The molecule has 5 aromatic rings. The van der Waals surface area contributed by atoms with Gasteiger partial charge in [-0.25, -0.2) is 9.97 Å². The highest BCUT2D eigenvalue weighted by atomic mass is 35.5. The summed E-state index contributed by atoms with van der Waals surface area (Å²) in [5.74, 6) is 0. The molecule has 0 aliphatic rings. The zero-order valence-corrected chi connectivity index (χ0v) is 16.2. The summed E-state index contributed by atoms with van der Waals surface area (Å²) in [5, 5.41) is 10.6. The number of halogens is 1. The largest absolute Gasteiger partial charge is 0.345 e. The first-order valence-corrected chi connectivity index (χ1v) is 9.46. The molecule has 0 unspecified atom stereocenters. The van der Waals surface area contributed by atoms with Gasteiger partial charge in [-0.1, -0.05) is 29.8 Å². The number of hydrogen-bond acceptors (Lipinski definition) is 5. The van der Waals surface area contributed by atoms with Crippen molar-refractivity contribution >= 4 is 33.7 Å². The molecule has 0 radical (unpaired) electrons. The average Bonchev–Trinajstić information content (AvgIpc) is 2.78. The standard InChI is InChI=1S/C23H12ClN5O/c24-17-11-16(10-15-5-2-7-26-19(15)17)21-20(14-4-1-3-13(9-14)12-25)29-23-22(28-21)18(30)6-8-27-23/h1-11H,(H,27,29,30). The summed E-state index contributed by atoms with van der Waals surface area (Å²) in [5.41, 5.74) is 4.02. The van der Waals surface area contributed by atoms with Gasteiger partial charge >= 0.3 is 0 Å². The predicted octanol–water partition coefficient (Wildman–Crippen LogP) is 4.73. The molecular formula is C23H12ClN5O. The van der Waals surface area contributed by atoms with Crippen LogP contribution in [0.4, 0.5) is 0 Å². The Labute approximate surface area is 175 Å². The number of nitrogens with zero attached hydrogens (tertiary/aromatic N) is 4. The van der Waals surface area contributed by atoms with Crippen LogP contribution in [-0.2, 0) is 0 Å². The highest BCUT2D eigenvalue weighted by molar-refractivity contribution is 6.35. The highest BCUT2D eigenvalue weighted by Crippen LogP contribution is 2.34. The molecule has 0 amide bonds. The van der Waals surface area contributed by atoms with E-state index >= 15 is 0 Å². The molecule has 3 aromatic heterocycles. The summed E-state index contributed by atoms with van der Waals surface area (Å²) >= 11 is 6.49. The summed E-state index contributed by atoms with van der Waals surface area (Å²) < 4.78 is 0. The molecule has 142 valence electrons. The van der Waals surface area contributed by atoms with Crippen LogP contribution < -0.4 is 5.43 Å². The third-order valence-electron chi connectivity index (χ3n) is 4.78. The topological polar surface area (TPSA) is 95.3 Å². The molecule has 0 saturated heterocycles. The van der Waals surface area contributed by atoms with Gasteiger partial charge in [0, 0.05) is 35.0 Å². The number of nitriles is 1. The van der Waals surface area contributed by atoms with E-state index in [9.17, 15) is 10.1 Å². The van der Waals surface area contributed by atoms with Gasteiger partial charge in [0.2, 0.25) is 5.43 Å². The van der Waals surface area contributed by atoms with Crippen molar-refractivity contribution in [1.82, 2.24) is 19.9 Å². The molecule has 5 rings (SSSR count). The second-order valence-electron chi connectivity index (χ2n) is 6.69. The maximum absolute atomic E-state index is 12.4. The number of fused-ring (bicyclic) bond motifs is 2. The summed E-state index contributed by atoms with van der Waals surface area (Å²) in [6.45, 7) is 0. The van der Waals surface area contributed by atoms with E-state index in [4.69, 9.17) is 11.6 Å². The lowest BCUT2D eigenvalue weighted by atomic mass is 10.0. The normalized spacial score (nSPS) is 10.9. The maximum Gasteiger partial charge on any atom is 0.209 e. The van der Waals surface area contributed by atoms with Crippen LogP contribution in [0.2, 0.25) is 5.02 Å². The zero-order valence-electron chi connectivity index (χ0n) is 15.4. The van der Waals surface area contributed by atoms with Crippen molar-refractivity contribution in [2.45, 2.75) is 0 Å². The van der Waals surface area contributed by atoms with Gasteiger partial charge in [0.15, 0.2) is 11.2 Å². The van der Waals surface area contributed by atoms with Crippen LogP contribution >= 0.6 is 11.6 Å². The first-order chi connectivity index (χ1) is 14.6. The Bertz CT molecular complexity index is 1550. The Hall–Kier alpha value is -4.08. The van der Waals surface area contributed by atoms with Gasteiger partial charge in [0.05, 0.1) is 33.6 Å². The molecule has 30 heavy (non-hydrogen) atoms. The van der Waals surface area contributed by atoms with Crippen LogP contribution in [0.5, 0.6) is 0 Å². The Morgan fingerprint density at radius 1 is 0.933 bits per heavy atom. The van der Waals surface area contributed by atoms with Crippen LogP contribution in [0.15, 0.2) is 71.8 Å². The number of aromatic amines is 1. The van der Waals surface area contributed by atoms with Gasteiger partial charge < -0.3 is 4.98 Å². The monoisotopic (exact) mass is 409 g/mol. The van der Waals surface area contributed by atoms with Crippen molar-refractivity contribution in [3.05, 3.63) is 87.8 Å². The third-order valence-corrected chi connectivity index (χ3v) is 5.07. The number of H-pyrrole nitrogens is 1. The number of nitrogens with one attached hydrogen (secondary N) is 1. The number of rotatable bonds is 2. The number of pyridine rings is 2. The molecule has 0 bridgehead atoms. The van der Waals surface area contributed by atoms with Crippen molar-refractivity contribution in [2.75, 3.05) is 0 Å². The minimum absolute atomic E-state index is 0.232. The average molecular weight is 410 g/mol. The lowest BCUT2D eigenvalue weighted by Crippen LogP contribution is -2.06. The van der Waals surface area contributed by atoms with Crippen molar-refractivity contribution in [1.29, 1.82) is 5.26 Å². The molecule has 1 N–H and O–H groups in total. The van der Waals surface area contributed by atoms with E-state index in [2.05, 4.69) is 26.0 Å². The Morgan fingerprint density at radius 3 is 2.67 bits per heavy atom. The van der Waals surface area contributed by atoms with E-state index in [1.54, 1.807) is 30.5 Å². The predicted molar refractivity (Wildman–Crippen MR) is 116 cm³/mol. The smallest absolute Gasteiger partial charge is 0.209 e. The first kappa shape index (κ1) is 18.0. The lowest BCUT2D eigenvalue weighted by Gasteiger charge is -2.12. The van der Waals surface area contributed by atoms with E-state index in [1.165, 1.54) is 12.3 Å². The SMILES string of the molecule is N#Cc1cccc(-c2nc3[nH]ccc(=O)c3nc2-c2cc(Cl)c3ncccc3c2)c1. The van der Waals surface area contributed by atoms with Gasteiger partial charge in [-0.05, 0) is 30.3 Å². The minimum atomic E-state index is -0.233. The molecule has 0 aliphatic heterocycles. The maximum atomic E-state index is 12.4. The molecule has 0 saturated carbocycles. The van der Waals surface area contributed by atoms with E-state index in [1.807, 2.05) is 24.3 Å². The summed E-state index contributed by atoms with van der Waals surface area (Å²) in [4.78, 5) is 29.0. The molecule has 0 spiro atoms. The van der Waals surface area contributed by atoms with Crippen molar-refractivity contribution in [3.8, 4) is 28.6 Å². The van der Waals surface area contributed by atoms with Gasteiger partial charge in [-0.2, -0.15) is 5.26 Å². The van der Waals surface area contributed by atoms with E-state index in [0.29, 0.717) is 44.3 Å². The quantitative estimate of drug-likeness (QED) is 0.455. The van der Waals surface area contributed by atoms with Gasteiger partial charge in [-0.15, -0.1) is 0 Å². The van der Waals surface area contributed by atoms with Crippen molar-refractivity contribution < 1.29 is 0 Å². The summed E-state index contributed by atoms with van der Waals surface area (Å²) in [6.07, 6.45) is 3.22. The molecule has 0 atom stereocenters. The van der Waals surface area contributed by atoms with Crippen LogP contribution in [0.25, 0.3) is 44.6 Å². The van der Waals surface area contributed by atoms with Crippen molar-refractivity contribution in [3.63, 3.8) is 0 Å². The number of hydrogen-bond donors (Lipinski definition) is 1. The second kappa shape index (κ2) is 7.07. The van der Waals surface area contributed by atoms with Gasteiger partial charge in [0.1, 0.15) is 0 Å².